The summed E-state index contributed by atoms with van der Waals surface area (Å²) in [6.07, 6.45) is -3.92. The minimum atomic E-state index is -4.87. The predicted octanol–water partition coefficient (Wildman–Crippen LogP) is 4.12. The Morgan fingerprint density at radius 2 is 1.89 bits per heavy atom. The van der Waals surface area contributed by atoms with E-state index < -0.39 is 34.6 Å². The zero-order valence-electron chi connectivity index (χ0n) is 18.9. The molecule has 4 aromatic rings. The Labute approximate surface area is 200 Å². The van der Waals surface area contributed by atoms with Gasteiger partial charge in [0.15, 0.2) is 5.82 Å². The minimum Gasteiger partial charge on any atom is -0.451 e. The van der Waals surface area contributed by atoms with Crippen LogP contribution in [0.25, 0.3) is 11.1 Å². The van der Waals surface area contributed by atoms with Crippen LogP contribution in [0.4, 0.5) is 17.6 Å². The summed E-state index contributed by atoms with van der Waals surface area (Å²) in [5.74, 6) is -1.52. The number of hydrogen-bond donors (Lipinski definition) is 1. The van der Waals surface area contributed by atoms with E-state index in [4.69, 9.17) is 10.00 Å². The fraction of sp³-hybridized carbons (Fsp3) is 0.167. The van der Waals surface area contributed by atoms with Crippen molar-refractivity contribution in [2.75, 3.05) is 0 Å². The summed E-state index contributed by atoms with van der Waals surface area (Å²) in [4.78, 5) is 24.6. The predicted molar refractivity (Wildman–Crippen MR) is 120 cm³/mol. The zero-order chi connectivity index (χ0) is 26.2. The lowest BCUT2D eigenvalue weighted by atomic mass is 9.98. The van der Waals surface area contributed by atoms with E-state index in [1.165, 1.54) is 37.4 Å². The van der Waals surface area contributed by atoms with E-state index >= 15 is 0 Å². The van der Waals surface area contributed by atoms with Gasteiger partial charge in [0.25, 0.3) is 5.56 Å². The smallest absolute Gasteiger partial charge is 0.420 e. The van der Waals surface area contributed by atoms with Gasteiger partial charge in [-0.25, -0.2) is 14.3 Å². The van der Waals surface area contributed by atoms with Gasteiger partial charge in [0.1, 0.15) is 23.2 Å². The van der Waals surface area contributed by atoms with Gasteiger partial charge in [0.2, 0.25) is 5.75 Å². The van der Waals surface area contributed by atoms with Gasteiger partial charge in [0, 0.05) is 13.2 Å². The van der Waals surface area contributed by atoms with Crippen LogP contribution in [0, 0.1) is 24.1 Å². The molecule has 8 nitrogen and oxygen atoms in total. The van der Waals surface area contributed by atoms with Crippen LogP contribution in [-0.2, 0) is 19.8 Å². The van der Waals surface area contributed by atoms with Crippen molar-refractivity contribution >= 4 is 0 Å². The van der Waals surface area contributed by atoms with Crippen molar-refractivity contribution < 1.29 is 22.3 Å². The van der Waals surface area contributed by atoms with Crippen molar-refractivity contribution in [3.8, 4) is 28.7 Å². The molecule has 184 valence electrons. The first-order valence-corrected chi connectivity index (χ1v) is 10.4. The molecule has 12 heteroatoms. The van der Waals surface area contributed by atoms with E-state index in [-0.39, 0.29) is 23.7 Å². The van der Waals surface area contributed by atoms with Crippen molar-refractivity contribution in [3.05, 3.63) is 97.8 Å². The number of aromatic amines is 1. The van der Waals surface area contributed by atoms with E-state index in [2.05, 4.69) is 10.2 Å². The molecule has 0 saturated carbocycles. The first kappa shape index (κ1) is 24.5. The van der Waals surface area contributed by atoms with Gasteiger partial charge in [-0.3, -0.25) is 9.36 Å². The summed E-state index contributed by atoms with van der Waals surface area (Å²) in [5.41, 5.74) is -1.35. The van der Waals surface area contributed by atoms with Crippen LogP contribution >= 0.6 is 0 Å². The number of aromatic nitrogens is 4. The molecule has 2 aromatic carbocycles. The molecule has 4 rings (SSSR count). The molecule has 36 heavy (non-hydrogen) atoms. The number of hydrogen-bond acceptors (Lipinski definition) is 5. The molecule has 0 aliphatic heterocycles. The molecular formula is C24H17F4N5O3. The summed E-state index contributed by atoms with van der Waals surface area (Å²) in [6, 6.07) is 10.8. The number of aryl methyl sites for hydroxylation is 1. The molecule has 0 bridgehead atoms. The molecule has 0 atom stereocenters. The van der Waals surface area contributed by atoms with Crippen molar-refractivity contribution in [2.24, 2.45) is 7.05 Å². The Hall–Kier alpha value is -4.66. The summed E-state index contributed by atoms with van der Waals surface area (Å²) in [5, 5.41) is 15.0. The standard InChI is InChI=1S/C24H17F4N5O3/c1-13-9-16(4-5-17(13)14-3-6-19(25)15(10-14)11-29)36-21-18(24(26,27)28)7-8-33(22(21)34)12-20-30-31-23(35)32(20)2/h3-10H,12H2,1-2H3,(H,31,35). The number of nitrogens with zero attached hydrogens (tertiary/aromatic N) is 4. The Bertz CT molecular complexity index is 1630. The van der Waals surface area contributed by atoms with Crippen LogP contribution in [-0.4, -0.2) is 19.3 Å². The molecular weight excluding hydrogens is 482 g/mol. The second kappa shape index (κ2) is 9.18. The summed E-state index contributed by atoms with van der Waals surface area (Å²) in [6.45, 7) is 1.38. The molecule has 0 saturated heterocycles. The van der Waals surface area contributed by atoms with E-state index in [0.29, 0.717) is 22.8 Å². The minimum absolute atomic E-state index is 0.0358. The lowest BCUT2D eigenvalue weighted by molar-refractivity contribution is -0.138. The highest BCUT2D eigenvalue weighted by Gasteiger charge is 2.36. The summed E-state index contributed by atoms with van der Waals surface area (Å²) in [7, 11) is 1.40. The van der Waals surface area contributed by atoms with Gasteiger partial charge in [-0.2, -0.15) is 23.5 Å². The topological polar surface area (TPSA) is 106 Å². The zero-order valence-corrected chi connectivity index (χ0v) is 18.9. The molecule has 0 spiro atoms. The number of benzene rings is 2. The number of ether oxygens (including phenoxy) is 1. The maximum Gasteiger partial charge on any atom is 0.420 e. The van der Waals surface area contributed by atoms with E-state index in [0.717, 1.165) is 21.4 Å². The Balaban J connectivity index is 1.74. The highest BCUT2D eigenvalue weighted by atomic mass is 19.4. The van der Waals surface area contributed by atoms with Crippen LogP contribution in [0.5, 0.6) is 11.5 Å². The van der Waals surface area contributed by atoms with Crippen LogP contribution in [0.2, 0.25) is 0 Å². The van der Waals surface area contributed by atoms with Crippen molar-refractivity contribution in [1.29, 1.82) is 5.26 Å². The number of nitriles is 1. The molecule has 0 unspecified atom stereocenters. The third kappa shape index (κ3) is 4.63. The van der Waals surface area contributed by atoms with E-state index in [9.17, 15) is 27.2 Å². The maximum absolute atomic E-state index is 13.7. The molecule has 2 aromatic heterocycles. The van der Waals surface area contributed by atoms with Gasteiger partial charge < -0.3 is 9.30 Å². The third-order valence-corrected chi connectivity index (χ3v) is 5.53. The number of H-pyrrole nitrogens is 1. The quantitative estimate of drug-likeness (QED) is 0.416. The van der Waals surface area contributed by atoms with Crippen molar-refractivity contribution in [2.45, 2.75) is 19.6 Å². The highest BCUT2D eigenvalue weighted by Crippen LogP contribution is 2.37. The molecule has 1 N–H and O–H groups in total. The monoisotopic (exact) mass is 499 g/mol. The van der Waals surface area contributed by atoms with E-state index in [1.54, 1.807) is 13.0 Å². The molecule has 0 aliphatic rings. The summed E-state index contributed by atoms with van der Waals surface area (Å²) >= 11 is 0. The van der Waals surface area contributed by atoms with Crippen LogP contribution < -0.4 is 16.0 Å². The van der Waals surface area contributed by atoms with Crippen LogP contribution in [0.3, 0.4) is 0 Å². The first-order chi connectivity index (χ1) is 17.0. The average Bonchev–Trinajstić information content (AvgIpc) is 3.13. The average molecular weight is 499 g/mol. The normalized spacial score (nSPS) is 11.4. The fourth-order valence-corrected chi connectivity index (χ4v) is 3.59. The Morgan fingerprint density at radius 1 is 1.14 bits per heavy atom. The van der Waals surface area contributed by atoms with Gasteiger partial charge in [0.05, 0.1) is 12.1 Å². The lowest BCUT2D eigenvalue weighted by Crippen LogP contribution is -2.26. The van der Waals surface area contributed by atoms with Crippen molar-refractivity contribution in [3.63, 3.8) is 0 Å². The number of halogens is 4. The molecule has 2 heterocycles. The lowest BCUT2D eigenvalue weighted by Gasteiger charge is -2.16. The van der Waals surface area contributed by atoms with Crippen LogP contribution in [0.15, 0.2) is 58.3 Å². The highest BCUT2D eigenvalue weighted by molar-refractivity contribution is 5.69. The van der Waals surface area contributed by atoms with Gasteiger partial charge in [-0.15, -0.1) is 0 Å². The second-order valence-electron chi connectivity index (χ2n) is 7.88. The molecule has 0 aliphatic carbocycles. The van der Waals surface area contributed by atoms with Gasteiger partial charge in [-0.05, 0) is 53.9 Å². The SMILES string of the molecule is Cc1cc(Oc2c(C(F)(F)F)ccn(Cc3n[nH]c(=O)n3C)c2=O)ccc1-c1ccc(F)c(C#N)c1. The maximum atomic E-state index is 13.7. The largest absolute Gasteiger partial charge is 0.451 e. The number of alkyl halides is 3. The van der Waals surface area contributed by atoms with Crippen molar-refractivity contribution in [1.82, 2.24) is 19.3 Å². The van der Waals surface area contributed by atoms with Gasteiger partial charge >= 0.3 is 11.9 Å². The fourth-order valence-electron chi connectivity index (χ4n) is 3.59. The third-order valence-electron chi connectivity index (χ3n) is 5.53. The number of nitrogens with one attached hydrogen (secondary N) is 1. The number of pyridine rings is 1. The molecule has 0 fully saturated rings. The Kier molecular flexibility index (Phi) is 6.24. The van der Waals surface area contributed by atoms with E-state index in [1.807, 2.05) is 0 Å². The number of rotatable bonds is 5. The second-order valence-corrected chi connectivity index (χ2v) is 7.88. The Morgan fingerprint density at radius 3 is 2.50 bits per heavy atom. The van der Waals surface area contributed by atoms with Crippen LogP contribution in [0.1, 0.15) is 22.5 Å². The first-order valence-electron chi connectivity index (χ1n) is 10.4. The molecule has 0 radical (unpaired) electrons. The summed E-state index contributed by atoms with van der Waals surface area (Å²) < 4.78 is 62.2. The van der Waals surface area contributed by atoms with Gasteiger partial charge in [-0.1, -0.05) is 12.1 Å². The molecule has 0 amide bonds.